The van der Waals surface area contributed by atoms with Crippen molar-refractivity contribution in [2.24, 2.45) is 0 Å². The van der Waals surface area contributed by atoms with Gasteiger partial charge in [0.15, 0.2) is 6.61 Å². The second kappa shape index (κ2) is 13.7. The van der Waals surface area contributed by atoms with E-state index in [1.54, 1.807) is 36.4 Å². The van der Waals surface area contributed by atoms with Crippen molar-refractivity contribution in [3.8, 4) is 5.75 Å². The summed E-state index contributed by atoms with van der Waals surface area (Å²) in [5.41, 5.74) is 0.727. The second-order valence-corrected chi connectivity index (χ2v) is 11.9. The first-order chi connectivity index (χ1) is 21.6. The number of amides is 3. The van der Waals surface area contributed by atoms with Crippen molar-refractivity contribution in [2.75, 3.05) is 25.4 Å². The Bertz CT molecular complexity index is 1560. The van der Waals surface area contributed by atoms with E-state index in [4.69, 9.17) is 4.74 Å². The third-order valence-electron chi connectivity index (χ3n) is 7.90. The molecular formula is C32H31F2N3O7S. The number of carboxylic acid groups (broad SMARTS) is 1. The van der Waals surface area contributed by atoms with Crippen LogP contribution in [0.4, 0.5) is 8.78 Å². The quantitative estimate of drug-likeness (QED) is 0.222. The molecule has 10 nitrogen and oxygen atoms in total. The molecule has 2 heterocycles. The number of aliphatic hydroxyl groups is 1. The summed E-state index contributed by atoms with van der Waals surface area (Å²) in [6.07, 6.45) is -0.00207. The Labute approximate surface area is 261 Å². The number of halogens is 2. The molecule has 0 saturated carbocycles. The van der Waals surface area contributed by atoms with E-state index >= 15 is 0 Å². The zero-order chi connectivity index (χ0) is 32.1. The van der Waals surface area contributed by atoms with Gasteiger partial charge in [-0.05, 0) is 65.9 Å². The number of nitrogens with one attached hydrogen (secondary N) is 2. The molecule has 4 N–H and O–H groups in total. The average Bonchev–Trinajstić information content (AvgIpc) is 3.53. The van der Waals surface area contributed by atoms with E-state index in [9.17, 15) is 38.2 Å². The van der Waals surface area contributed by atoms with Gasteiger partial charge in [-0.1, -0.05) is 36.4 Å². The molecule has 0 bridgehead atoms. The second-order valence-electron chi connectivity index (χ2n) is 10.8. The maximum absolute atomic E-state index is 13.8. The zero-order valence-corrected chi connectivity index (χ0v) is 24.8. The topological polar surface area (TPSA) is 145 Å². The van der Waals surface area contributed by atoms with E-state index in [0.717, 1.165) is 0 Å². The Morgan fingerprint density at radius 2 is 1.60 bits per heavy atom. The highest BCUT2D eigenvalue weighted by Gasteiger charge is 2.56. The molecule has 3 aromatic rings. The number of nitrogens with zero attached hydrogens (tertiary/aromatic N) is 1. The van der Waals surface area contributed by atoms with Crippen LogP contribution in [0.2, 0.25) is 0 Å². The molecule has 3 amide bonds. The minimum Gasteiger partial charge on any atom is -0.484 e. The summed E-state index contributed by atoms with van der Waals surface area (Å²) in [6, 6.07) is 17.0. The standard InChI is InChI=1S/C32H31F2N3O7S/c33-22-9-3-19(4-10-22)26(38)18-45-29-30(41)36-32(29,20-5-11-23(34)12-6-20)21-7-13-24(14-8-21)44-17-27(39)35-16-28(40)37-15-1-2-25(37)31(42)43/h3-14,25-26,29,38H,1-2,15-18H2,(H,35,39)(H,36,41)(H,42,43)/t25-,26?,29+,32+/m1/s1. The summed E-state index contributed by atoms with van der Waals surface area (Å²) < 4.78 is 32.7. The van der Waals surface area contributed by atoms with Crippen molar-refractivity contribution in [1.29, 1.82) is 0 Å². The number of aliphatic hydroxyl groups excluding tert-OH is 1. The van der Waals surface area contributed by atoms with Crippen LogP contribution < -0.4 is 15.4 Å². The molecule has 4 atom stereocenters. The van der Waals surface area contributed by atoms with Crippen molar-refractivity contribution in [3.05, 3.63) is 101 Å². The Morgan fingerprint density at radius 1 is 1.00 bits per heavy atom. The lowest BCUT2D eigenvalue weighted by atomic mass is 9.74. The summed E-state index contributed by atoms with van der Waals surface area (Å²) in [5, 5.41) is 24.7. The van der Waals surface area contributed by atoms with Gasteiger partial charge in [0.25, 0.3) is 5.91 Å². The largest absolute Gasteiger partial charge is 0.484 e. The molecule has 2 fully saturated rings. The molecule has 2 aliphatic heterocycles. The van der Waals surface area contributed by atoms with Gasteiger partial charge in [0.05, 0.1) is 12.6 Å². The van der Waals surface area contributed by atoms with Gasteiger partial charge in [-0.2, -0.15) is 0 Å². The monoisotopic (exact) mass is 639 g/mol. The molecular weight excluding hydrogens is 608 g/mol. The van der Waals surface area contributed by atoms with Crippen LogP contribution in [0.3, 0.4) is 0 Å². The van der Waals surface area contributed by atoms with Crippen LogP contribution in [0, 0.1) is 11.6 Å². The van der Waals surface area contributed by atoms with E-state index in [1.165, 1.54) is 53.1 Å². The molecule has 3 aromatic carbocycles. The summed E-state index contributed by atoms with van der Waals surface area (Å²) in [6.45, 7) is -0.420. The van der Waals surface area contributed by atoms with E-state index in [0.29, 0.717) is 41.8 Å². The van der Waals surface area contributed by atoms with E-state index < -0.39 is 59.0 Å². The number of likely N-dealkylation sites (tertiary alicyclic amines) is 1. The van der Waals surface area contributed by atoms with E-state index in [2.05, 4.69) is 10.6 Å². The predicted molar refractivity (Wildman–Crippen MR) is 160 cm³/mol. The first-order valence-electron chi connectivity index (χ1n) is 14.2. The Kier molecular flexibility index (Phi) is 9.68. The molecule has 45 heavy (non-hydrogen) atoms. The van der Waals surface area contributed by atoms with Crippen LogP contribution in [0.1, 0.15) is 35.6 Å². The fourth-order valence-corrected chi connectivity index (χ4v) is 6.91. The highest BCUT2D eigenvalue weighted by molar-refractivity contribution is 8.00. The molecule has 0 aromatic heterocycles. The number of carbonyl (C=O) groups excluding carboxylic acids is 3. The SMILES string of the molecule is O=C(COc1ccc([C@]2(c3ccc(F)cc3)NC(=O)[C@@H]2SCC(O)c2ccc(F)cc2)cc1)NCC(=O)N1CCC[C@@H]1C(=O)O. The number of hydrogen-bond acceptors (Lipinski definition) is 7. The molecule has 1 unspecified atom stereocenters. The van der Waals surface area contributed by atoms with Gasteiger partial charge in [0, 0.05) is 12.3 Å². The Hall–Kier alpha value is -4.49. The molecule has 13 heteroatoms. The lowest BCUT2D eigenvalue weighted by molar-refractivity contribution is -0.148. The number of rotatable bonds is 12. The van der Waals surface area contributed by atoms with Crippen molar-refractivity contribution < 1.29 is 42.9 Å². The molecule has 2 saturated heterocycles. The Morgan fingerprint density at radius 3 is 2.20 bits per heavy atom. The van der Waals surface area contributed by atoms with Gasteiger partial charge < -0.3 is 30.5 Å². The summed E-state index contributed by atoms with van der Waals surface area (Å²) in [7, 11) is 0. The summed E-state index contributed by atoms with van der Waals surface area (Å²) >= 11 is 1.22. The van der Waals surface area contributed by atoms with Crippen LogP contribution in [-0.2, 0) is 24.7 Å². The van der Waals surface area contributed by atoms with Crippen LogP contribution in [-0.4, -0.2) is 75.5 Å². The predicted octanol–water partition coefficient (Wildman–Crippen LogP) is 2.74. The number of carboxylic acids is 1. The smallest absolute Gasteiger partial charge is 0.326 e. The first-order valence-corrected chi connectivity index (χ1v) is 15.3. The average molecular weight is 640 g/mol. The maximum atomic E-state index is 13.8. The fourth-order valence-electron chi connectivity index (χ4n) is 5.55. The van der Waals surface area contributed by atoms with Gasteiger partial charge in [-0.25, -0.2) is 13.6 Å². The highest BCUT2D eigenvalue weighted by Crippen LogP contribution is 2.46. The minimum atomic E-state index is -1.07. The van der Waals surface area contributed by atoms with E-state index in [1.807, 2.05) is 0 Å². The van der Waals surface area contributed by atoms with Gasteiger partial charge in [-0.3, -0.25) is 14.4 Å². The maximum Gasteiger partial charge on any atom is 0.326 e. The van der Waals surface area contributed by atoms with Gasteiger partial charge >= 0.3 is 5.97 Å². The van der Waals surface area contributed by atoms with Crippen molar-refractivity contribution in [1.82, 2.24) is 15.5 Å². The molecule has 5 rings (SSSR count). The van der Waals surface area contributed by atoms with Gasteiger partial charge in [-0.15, -0.1) is 11.8 Å². The Balaban J connectivity index is 1.24. The summed E-state index contributed by atoms with van der Waals surface area (Å²) in [5.74, 6) is -2.79. The number of carbonyl (C=O) groups is 4. The number of thioether (sulfide) groups is 1. The van der Waals surface area contributed by atoms with Crippen LogP contribution >= 0.6 is 11.8 Å². The molecule has 0 radical (unpaired) electrons. The molecule has 0 aliphatic carbocycles. The first kappa shape index (κ1) is 31.9. The normalized spacial score (nSPS) is 21.4. The lowest BCUT2D eigenvalue weighted by Gasteiger charge is -2.50. The number of hydrogen-bond donors (Lipinski definition) is 4. The van der Waals surface area contributed by atoms with Crippen molar-refractivity contribution in [2.45, 2.75) is 35.8 Å². The molecule has 236 valence electrons. The van der Waals surface area contributed by atoms with Gasteiger partial charge in [0.1, 0.15) is 34.2 Å². The fraction of sp³-hybridized carbons (Fsp3) is 0.312. The molecule has 2 aliphatic rings. The minimum absolute atomic E-state index is 0.139. The third kappa shape index (κ3) is 6.94. The third-order valence-corrected chi connectivity index (χ3v) is 9.31. The van der Waals surface area contributed by atoms with E-state index in [-0.39, 0.29) is 18.2 Å². The lowest BCUT2D eigenvalue weighted by Crippen LogP contribution is -2.69. The van der Waals surface area contributed by atoms with Crippen LogP contribution in [0.25, 0.3) is 0 Å². The zero-order valence-electron chi connectivity index (χ0n) is 23.9. The van der Waals surface area contributed by atoms with Crippen LogP contribution in [0.5, 0.6) is 5.75 Å². The van der Waals surface area contributed by atoms with Crippen molar-refractivity contribution >= 4 is 35.5 Å². The molecule has 0 spiro atoms. The van der Waals surface area contributed by atoms with Gasteiger partial charge in [0.2, 0.25) is 11.8 Å². The number of benzene rings is 3. The number of ether oxygens (including phenoxy) is 1. The highest BCUT2D eigenvalue weighted by atomic mass is 32.2. The number of aliphatic carboxylic acids is 1. The van der Waals surface area contributed by atoms with Crippen molar-refractivity contribution in [3.63, 3.8) is 0 Å². The summed E-state index contributed by atoms with van der Waals surface area (Å²) in [4.78, 5) is 50.2. The number of β-lactam (4-membered cyclic amide) rings is 1. The van der Waals surface area contributed by atoms with Crippen LogP contribution in [0.15, 0.2) is 72.8 Å².